The van der Waals surface area contributed by atoms with Crippen LogP contribution in [0.15, 0.2) is 102 Å². The largest absolute Gasteiger partial charge is 0.469 e. The standard InChI is InChI=1S/C28H23FN4O2/c1-2-23(35-25-15-9-10-16-30-25)26-21(29)18-31-28-27(26)22(34)17-24(32-19-11-5-3-6-12-19)33(28)20-13-7-4-8-14-20/h3-18,23,32H,2H2,1H3. The third-order valence-electron chi connectivity index (χ3n) is 5.67. The Kier molecular flexibility index (Phi) is 6.22. The van der Waals surface area contributed by atoms with E-state index in [-0.39, 0.29) is 16.4 Å². The highest BCUT2D eigenvalue weighted by molar-refractivity contribution is 5.84. The first-order valence-electron chi connectivity index (χ1n) is 11.3. The Bertz CT molecular complexity index is 1510. The van der Waals surface area contributed by atoms with Gasteiger partial charge >= 0.3 is 0 Å². The van der Waals surface area contributed by atoms with E-state index in [0.717, 1.165) is 17.6 Å². The van der Waals surface area contributed by atoms with Crippen molar-refractivity contribution in [3.63, 3.8) is 0 Å². The Hall–Kier alpha value is -4.52. The maximum Gasteiger partial charge on any atom is 0.213 e. The summed E-state index contributed by atoms with van der Waals surface area (Å²) in [5.74, 6) is 0.277. The fourth-order valence-corrected chi connectivity index (χ4v) is 4.10. The van der Waals surface area contributed by atoms with Crippen LogP contribution in [0.5, 0.6) is 5.88 Å². The van der Waals surface area contributed by atoms with E-state index < -0.39 is 11.9 Å². The monoisotopic (exact) mass is 466 g/mol. The molecule has 3 heterocycles. The molecule has 7 heteroatoms. The molecule has 5 rings (SSSR count). The lowest BCUT2D eigenvalue weighted by Gasteiger charge is -2.22. The van der Waals surface area contributed by atoms with Gasteiger partial charge in [0.25, 0.3) is 0 Å². The van der Waals surface area contributed by atoms with E-state index in [4.69, 9.17) is 4.74 Å². The van der Waals surface area contributed by atoms with Crippen LogP contribution in [0.3, 0.4) is 0 Å². The lowest BCUT2D eigenvalue weighted by Crippen LogP contribution is -2.19. The van der Waals surface area contributed by atoms with Gasteiger partial charge in [-0.1, -0.05) is 49.4 Å². The molecule has 2 aromatic carbocycles. The molecule has 0 saturated heterocycles. The number of fused-ring (bicyclic) bond motifs is 1. The molecule has 174 valence electrons. The van der Waals surface area contributed by atoms with Crippen molar-refractivity contribution >= 4 is 22.5 Å². The highest BCUT2D eigenvalue weighted by Crippen LogP contribution is 2.32. The molecule has 6 nitrogen and oxygen atoms in total. The summed E-state index contributed by atoms with van der Waals surface area (Å²) in [7, 11) is 0. The first-order valence-corrected chi connectivity index (χ1v) is 11.3. The normalized spacial score (nSPS) is 11.8. The van der Waals surface area contributed by atoms with Crippen LogP contribution < -0.4 is 15.5 Å². The summed E-state index contributed by atoms with van der Waals surface area (Å²) in [6.07, 6.45) is 2.46. The zero-order chi connectivity index (χ0) is 24.2. The number of hydrogen-bond acceptors (Lipinski definition) is 5. The van der Waals surface area contributed by atoms with Gasteiger partial charge in [-0.05, 0) is 36.8 Å². The number of anilines is 2. The van der Waals surface area contributed by atoms with Crippen LogP contribution >= 0.6 is 0 Å². The third-order valence-corrected chi connectivity index (χ3v) is 5.67. The first-order chi connectivity index (χ1) is 17.2. The molecule has 1 atom stereocenters. The van der Waals surface area contributed by atoms with E-state index in [1.165, 1.54) is 6.07 Å². The molecule has 0 saturated carbocycles. The number of nitrogens with zero attached hydrogens (tertiary/aromatic N) is 3. The number of ether oxygens (including phenoxy) is 1. The van der Waals surface area contributed by atoms with Crippen LogP contribution in [0.4, 0.5) is 15.9 Å². The van der Waals surface area contributed by atoms with Gasteiger partial charge in [0, 0.05) is 35.3 Å². The average Bonchev–Trinajstić information content (AvgIpc) is 2.89. The Morgan fingerprint density at radius 1 is 0.971 bits per heavy atom. The van der Waals surface area contributed by atoms with Crippen LogP contribution in [-0.2, 0) is 0 Å². The fourth-order valence-electron chi connectivity index (χ4n) is 4.10. The van der Waals surface area contributed by atoms with Gasteiger partial charge in [0.1, 0.15) is 17.7 Å². The molecule has 0 spiro atoms. The minimum atomic E-state index is -0.722. The Morgan fingerprint density at radius 3 is 2.37 bits per heavy atom. The van der Waals surface area contributed by atoms with Crippen molar-refractivity contribution in [3.8, 4) is 11.6 Å². The highest BCUT2D eigenvalue weighted by atomic mass is 19.1. The Morgan fingerprint density at radius 2 is 1.69 bits per heavy atom. The fraction of sp³-hybridized carbons (Fsp3) is 0.107. The lowest BCUT2D eigenvalue weighted by atomic mass is 10.0. The molecular formula is C28H23FN4O2. The maximum atomic E-state index is 15.3. The smallest absolute Gasteiger partial charge is 0.213 e. The van der Waals surface area contributed by atoms with Crippen molar-refractivity contribution in [1.82, 2.24) is 14.5 Å². The quantitative estimate of drug-likeness (QED) is 0.310. The van der Waals surface area contributed by atoms with E-state index in [1.807, 2.05) is 72.2 Å². The molecule has 0 fully saturated rings. The number of pyridine rings is 3. The van der Waals surface area contributed by atoms with Crippen molar-refractivity contribution in [3.05, 3.63) is 119 Å². The molecule has 1 N–H and O–H groups in total. The SMILES string of the molecule is CCC(Oc1ccccn1)c1c(F)cnc2c1c(=O)cc(Nc1ccccc1)n2-c1ccccc1. The molecule has 3 aromatic heterocycles. The van der Waals surface area contributed by atoms with Gasteiger partial charge in [-0.3, -0.25) is 9.36 Å². The maximum absolute atomic E-state index is 15.3. The highest BCUT2D eigenvalue weighted by Gasteiger charge is 2.25. The summed E-state index contributed by atoms with van der Waals surface area (Å²) in [6, 6.07) is 25.8. The third kappa shape index (κ3) is 4.48. The number of halogens is 1. The lowest BCUT2D eigenvalue weighted by molar-refractivity contribution is 0.189. The van der Waals surface area contributed by atoms with Crippen molar-refractivity contribution in [2.75, 3.05) is 5.32 Å². The van der Waals surface area contributed by atoms with E-state index >= 15 is 4.39 Å². The van der Waals surface area contributed by atoms with Gasteiger partial charge in [-0.15, -0.1) is 0 Å². The molecule has 35 heavy (non-hydrogen) atoms. The van der Waals surface area contributed by atoms with Crippen LogP contribution in [-0.4, -0.2) is 14.5 Å². The summed E-state index contributed by atoms with van der Waals surface area (Å²) in [5.41, 5.74) is 1.74. The van der Waals surface area contributed by atoms with Gasteiger partial charge in [0.2, 0.25) is 5.88 Å². The van der Waals surface area contributed by atoms with E-state index in [0.29, 0.717) is 23.8 Å². The second kappa shape index (κ2) is 9.77. The van der Waals surface area contributed by atoms with Gasteiger partial charge in [0.05, 0.1) is 11.6 Å². The van der Waals surface area contributed by atoms with Crippen molar-refractivity contribution in [2.24, 2.45) is 0 Å². The van der Waals surface area contributed by atoms with Gasteiger partial charge in [-0.2, -0.15) is 0 Å². The minimum absolute atomic E-state index is 0.170. The zero-order valence-corrected chi connectivity index (χ0v) is 19.1. The van der Waals surface area contributed by atoms with E-state index in [2.05, 4.69) is 15.3 Å². The van der Waals surface area contributed by atoms with Gasteiger partial charge in [-0.25, -0.2) is 14.4 Å². The summed E-state index contributed by atoms with van der Waals surface area (Å²) in [6.45, 7) is 1.88. The zero-order valence-electron chi connectivity index (χ0n) is 19.1. The second-order valence-electron chi connectivity index (χ2n) is 7.96. The van der Waals surface area contributed by atoms with Crippen molar-refractivity contribution < 1.29 is 9.13 Å². The first kappa shape index (κ1) is 22.3. The summed E-state index contributed by atoms with van der Waals surface area (Å²) in [4.78, 5) is 22.1. The molecular weight excluding hydrogens is 443 g/mol. The second-order valence-corrected chi connectivity index (χ2v) is 7.96. The Labute approximate surface area is 201 Å². The van der Waals surface area contributed by atoms with E-state index in [9.17, 15) is 4.79 Å². The predicted octanol–water partition coefficient (Wildman–Crippen LogP) is 6.19. The summed E-state index contributed by atoms with van der Waals surface area (Å²) < 4.78 is 23.1. The Balaban J connectivity index is 1.75. The van der Waals surface area contributed by atoms with Crippen LogP contribution in [0, 0.1) is 5.82 Å². The van der Waals surface area contributed by atoms with Crippen molar-refractivity contribution in [2.45, 2.75) is 19.4 Å². The summed E-state index contributed by atoms with van der Waals surface area (Å²) >= 11 is 0. The molecule has 0 aliphatic rings. The number of benzene rings is 2. The number of nitrogens with one attached hydrogen (secondary N) is 1. The minimum Gasteiger partial charge on any atom is -0.469 e. The molecule has 0 aliphatic heterocycles. The van der Waals surface area contributed by atoms with Gasteiger partial charge < -0.3 is 10.1 Å². The predicted molar refractivity (Wildman–Crippen MR) is 135 cm³/mol. The van der Waals surface area contributed by atoms with Crippen molar-refractivity contribution in [1.29, 1.82) is 0 Å². The molecule has 0 amide bonds. The molecule has 0 bridgehead atoms. The van der Waals surface area contributed by atoms with Crippen LogP contribution in [0.2, 0.25) is 0 Å². The van der Waals surface area contributed by atoms with Crippen LogP contribution in [0.1, 0.15) is 25.0 Å². The molecule has 0 aliphatic carbocycles. The summed E-state index contributed by atoms with van der Waals surface area (Å²) in [5, 5.41) is 3.49. The number of para-hydroxylation sites is 2. The van der Waals surface area contributed by atoms with Gasteiger partial charge in [0.15, 0.2) is 11.1 Å². The molecule has 1 unspecified atom stereocenters. The topological polar surface area (TPSA) is 69.0 Å². The van der Waals surface area contributed by atoms with Crippen LogP contribution in [0.25, 0.3) is 16.7 Å². The number of rotatable bonds is 7. The molecule has 5 aromatic rings. The average molecular weight is 467 g/mol. The number of hydrogen-bond donors (Lipinski definition) is 1. The molecule has 0 radical (unpaired) electrons. The number of aromatic nitrogens is 3. The van der Waals surface area contributed by atoms with E-state index in [1.54, 1.807) is 24.4 Å².